The standard InChI is InChI=1S/C22H16BrFN2O/c23-16-9-5-15(6-10-16)22-26-20(18-3-1-2-4-21(18)27-22)13-19(25-26)14-7-11-17(24)12-8-14/h1-12,20,22H,13H2/t20-,22+/m0/s1. The van der Waals surface area contributed by atoms with Crippen molar-refractivity contribution in [2.75, 3.05) is 0 Å². The van der Waals surface area contributed by atoms with Gasteiger partial charge in [-0.1, -0.05) is 58.4 Å². The zero-order valence-corrected chi connectivity index (χ0v) is 15.9. The summed E-state index contributed by atoms with van der Waals surface area (Å²) in [7, 11) is 0. The number of fused-ring (bicyclic) bond motifs is 3. The van der Waals surface area contributed by atoms with Crippen LogP contribution in [0, 0.1) is 5.82 Å². The minimum absolute atomic E-state index is 0.101. The van der Waals surface area contributed by atoms with Gasteiger partial charge in [-0.05, 0) is 35.9 Å². The third kappa shape index (κ3) is 2.92. The summed E-state index contributed by atoms with van der Waals surface area (Å²) < 4.78 is 20.7. The molecule has 0 fully saturated rings. The highest BCUT2D eigenvalue weighted by Gasteiger charge is 2.40. The van der Waals surface area contributed by atoms with Gasteiger partial charge < -0.3 is 4.74 Å². The second kappa shape index (κ2) is 6.50. The van der Waals surface area contributed by atoms with Crippen LogP contribution in [0.1, 0.15) is 35.4 Å². The van der Waals surface area contributed by atoms with Crippen LogP contribution in [0.5, 0.6) is 5.75 Å². The molecule has 0 bridgehead atoms. The Morgan fingerprint density at radius 1 is 0.963 bits per heavy atom. The molecule has 3 nitrogen and oxygen atoms in total. The lowest BCUT2D eigenvalue weighted by Gasteiger charge is -2.38. The molecule has 27 heavy (non-hydrogen) atoms. The summed E-state index contributed by atoms with van der Waals surface area (Å²) in [6.45, 7) is 0. The van der Waals surface area contributed by atoms with Crippen LogP contribution < -0.4 is 4.74 Å². The van der Waals surface area contributed by atoms with Crippen molar-refractivity contribution in [2.24, 2.45) is 5.10 Å². The summed E-state index contributed by atoms with van der Waals surface area (Å²) in [4.78, 5) is 0. The average Bonchev–Trinajstić information content (AvgIpc) is 3.14. The Hall–Kier alpha value is -2.66. The van der Waals surface area contributed by atoms with E-state index < -0.39 is 0 Å². The van der Waals surface area contributed by atoms with E-state index in [2.05, 4.69) is 22.0 Å². The lowest BCUT2D eigenvalue weighted by Crippen LogP contribution is -2.33. The van der Waals surface area contributed by atoms with Gasteiger partial charge in [0.05, 0.1) is 11.8 Å². The molecule has 2 aliphatic rings. The van der Waals surface area contributed by atoms with Gasteiger partial charge in [-0.15, -0.1) is 0 Å². The van der Waals surface area contributed by atoms with Gasteiger partial charge in [-0.3, -0.25) is 0 Å². The first kappa shape index (κ1) is 16.5. The summed E-state index contributed by atoms with van der Waals surface area (Å²) in [6.07, 6.45) is 0.468. The summed E-state index contributed by atoms with van der Waals surface area (Å²) in [5.41, 5.74) is 4.06. The molecular weight excluding hydrogens is 407 g/mol. The smallest absolute Gasteiger partial charge is 0.213 e. The molecule has 0 unspecified atom stereocenters. The molecule has 0 aliphatic carbocycles. The topological polar surface area (TPSA) is 24.8 Å². The molecule has 134 valence electrons. The molecular formula is C22H16BrFN2O. The minimum Gasteiger partial charge on any atom is -0.464 e. The number of halogens is 2. The molecule has 0 saturated heterocycles. The van der Waals surface area contributed by atoms with Crippen molar-refractivity contribution in [1.82, 2.24) is 5.01 Å². The van der Waals surface area contributed by atoms with E-state index in [1.807, 2.05) is 47.5 Å². The molecule has 2 atom stereocenters. The Labute approximate surface area is 165 Å². The Kier molecular flexibility index (Phi) is 3.97. The predicted octanol–water partition coefficient (Wildman–Crippen LogP) is 5.83. The number of para-hydroxylation sites is 1. The van der Waals surface area contributed by atoms with Crippen molar-refractivity contribution in [1.29, 1.82) is 0 Å². The first-order chi connectivity index (χ1) is 13.2. The molecule has 0 amide bonds. The van der Waals surface area contributed by atoms with Crippen molar-refractivity contribution in [3.8, 4) is 5.75 Å². The third-order valence-corrected chi connectivity index (χ3v) is 5.56. The quantitative estimate of drug-likeness (QED) is 0.518. The summed E-state index contributed by atoms with van der Waals surface area (Å²) >= 11 is 3.49. The molecule has 0 radical (unpaired) electrons. The van der Waals surface area contributed by atoms with E-state index in [1.54, 1.807) is 12.1 Å². The highest BCUT2D eigenvalue weighted by Crippen LogP contribution is 2.47. The van der Waals surface area contributed by atoms with Gasteiger partial charge in [0, 0.05) is 22.0 Å². The maximum Gasteiger partial charge on any atom is 0.213 e. The van der Waals surface area contributed by atoms with E-state index in [0.717, 1.165) is 39.0 Å². The van der Waals surface area contributed by atoms with E-state index >= 15 is 0 Å². The van der Waals surface area contributed by atoms with Crippen LogP contribution in [-0.4, -0.2) is 10.7 Å². The van der Waals surface area contributed by atoms with Crippen LogP contribution in [0.3, 0.4) is 0 Å². The first-order valence-electron chi connectivity index (χ1n) is 8.82. The van der Waals surface area contributed by atoms with E-state index in [-0.39, 0.29) is 18.1 Å². The van der Waals surface area contributed by atoms with E-state index in [4.69, 9.17) is 9.84 Å². The van der Waals surface area contributed by atoms with Crippen LogP contribution in [0.4, 0.5) is 4.39 Å². The molecule has 0 aromatic heterocycles. The Morgan fingerprint density at radius 3 is 2.48 bits per heavy atom. The van der Waals surface area contributed by atoms with Gasteiger partial charge in [0.15, 0.2) is 0 Å². The fourth-order valence-electron chi connectivity index (χ4n) is 3.70. The molecule has 3 aromatic rings. The van der Waals surface area contributed by atoms with Crippen LogP contribution >= 0.6 is 15.9 Å². The van der Waals surface area contributed by atoms with Crippen LogP contribution in [0.15, 0.2) is 82.4 Å². The number of benzene rings is 3. The molecule has 2 aliphatic heterocycles. The van der Waals surface area contributed by atoms with Gasteiger partial charge in [0.1, 0.15) is 11.6 Å². The molecule has 3 aromatic carbocycles. The molecule has 2 heterocycles. The minimum atomic E-state index is -0.295. The molecule has 0 N–H and O–H groups in total. The highest BCUT2D eigenvalue weighted by atomic mass is 79.9. The van der Waals surface area contributed by atoms with Crippen molar-refractivity contribution >= 4 is 21.6 Å². The molecule has 0 spiro atoms. The fourth-order valence-corrected chi connectivity index (χ4v) is 3.96. The Bertz CT molecular complexity index is 1020. The Balaban J connectivity index is 1.58. The van der Waals surface area contributed by atoms with Gasteiger partial charge in [0.2, 0.25) is 6.23 Å². The van der Waals surface area contributed by atoms with Gasteiger partial charge in [-0.25, -0.2) is 9.40 Å². The summed E-state index contributed by atoms with van der Waals surface area (Å²) in [6, 6.07) is 22.9. The highest BCUT2D eigenvalue weighted by molar-refractivity contribution is 9.10. The number of ether oxygens (including phenoxy) is 1. The van der Waals surface area contributed by atoms with Gasteiger partial charge in [0.25, 0.3) is 0 Å². The number of hydrogen-bond acceptors (Lipinski definition) is 3. The van der Waals surface area contributed by atoms with Crippen molar-refractivity contribution in [3.05, 3.63) is 99.8 Å². The number of rotatable bonds is 2. The average molecular weight is 423 g/mol. The largest absolute Gasteiger partial charge is 0.464 e. The van der Waals surface area contributed by atoms with Gasteiger partial charge in [-0.2, -0.15) is 5.10 Å². The normalized spacial score (nSPS) is 20.5. The SMILES string of the molecule is Fc1ccc(C2=NN3[C@@H](c4ccc(Br)cc4)Oc4ccccc4[C@@H]3C2)cc1. The zero-order chi connectivity index (χ0) is 18.4. The molecule has 5 heteroatoms. The summed E-state index contributed by atoms with van der Waals surface area (Å²) in [5.74, 6) is 0.652. The van der Waals surface area contributed by atoms with Crippen molar-refractivity contribution in [2.45, 2.75) is 18.7 Å². The number of nitrogens with zero attached hydrogens (tertiary/aromatic N) is 2. The second-order valence-corrected chi connectivity index (χ2v) is 7.63. The third-order valence-electron chi connectivity index (χ3n) is 5.03. The predicted molar refractivity (Wildman–Crippen MR) is 106 cm³/mol. The molecule has 0 saturated carbocycles. The maximum absolute atomic E-state index is 13.3. The van der Waals surface area contributed by atoms with E-state index in [0.29, 0.717) is 0 Å². The lowest BCUT2D eigenvalue weighted by molar-refractivity contribution is -0.0190. The number of hydrazone groups is 1. The first-order valence-corrected chi connectivity index (χ1v) is 9.61. The van der Waals surface area contributed by atoms with E-state index in [1.165, 1.54) is 12.1 Å². The van der Waals surface area contributed by atoms with Crippen LogP contribution in [0.25, 0.3) is 0 Å². The van der Waals surface area contributed by atoms with Crippen LogP contribution in [-0.2, 0) is 0 Å². The lowest BCUT2D eigenvalue weighted by atomic mass is 9.96. The zero-order valence-electron chi connectivity index (χ0n) is 14.3. The number of hydrogen-bond donors (Lipinski definition) is 0. The molecule has 5 rings (SSSR count). The second-order valence-electron chi connectivity index (χ2n) is 6.71. The summed E-state index contributed by atoms with van der Waals surface area (Å²) in [5, 5.41) is 6.91. The fraction of sp³-hybridized carbons (Fsp3) is 0.136. The Morgan fingerprint density at radius 2 is 1.70 bits per heavy atom. The monoisotopic (exact) mass is 422 g/mol. The van der Waals surface area contributed by atoms with Crippen molar-refractivity contribution < 1.29 is 9.13 Å². The van der Waals surface area contributed by atoms with Crippen LogP contribution in [0.2, 0.25) is 0 Å². The van der Waals surface area contributed by atoms with Gasteiger partial charge >= 0.3 is 0 Å². The van der Waals surface area contributed by atoms with Crippen molar-refractivity contribution in [3.63, 3.8) is 0 Å². The maximum atomic E-state index is 13.3. The van der Waals surface area contributed by atoms with E-state index in [9.17, 15) is 4.39 Å².